The van der Waals surface area contributed by atoms with Gasteiger partial charge in [-0.2, -0.15) is 4.99 Å². The third kappa shape index (κ3) is 3.81. The summed E-state index contributed by atoms with van der Waals surface area (Å²) in [5, 5.41) is 0.429. The third-order valence-electron chi connectivity index (χ3n) is 4.12. The lowest BCUT2D eigenvalue weighted by Crippen LogP contribution is -2.17. The van der Waals surface area contributed by atoms with Gasteiger partial charge in [-0.3, -0.25) is 4.79 Å². The molecule has 0 spiro atoms. The largest absolute Gasteiger partial charge is 0.316 e. The highest BCUT2D eigenvalue weighted by molar-refractivity contribution is 7.09. The number of aromatic nitrogens is 1. The molecule has 1 heterocycles. The number of carbonyl (C=O) groups is 1. The lowest BCUT2D eigenvalue weighted by molar-refractivity contribution is 0.0998. The van der Waals surface area contributed by atoms with Crippen LogP contribution in [0.3, 0.4) is 0 Å². The van der Waals surface area contributed by atoms with Gasteiger partial charge in [0.05, 0.1) is 16.3 Å². The summed E-state index contributed by atoms with van der Waals surface area (Å²) < 4.78 is 2.12. The first-order valence-corrected chi connectivity index (χ1v) is 9.96. The minimum atomic E-state index is -0.304. The van der Waals surface area contributed by atoms with Crippen LogP contribution in [0.2, 0.25) is 5.02 Å². The van der Waals surface area contributed by atoms with Crippen molar-refractivity contribution in [2.24, 2.45) is 4.99 Å². The van der Waals surface area contributed by atoms with E-state index in [-0.39, 0.29) is 5.91 Å². The molecule has 0 aliphatic heterocycles. The average molecular weight is 385 g/mol. The Morgan fingerprint density at radius 2 is 1.77 bits per heavy atom. The normalized spacial score (nSPS) is 11.7. The number of thiazole rings is 1. The van der Waals surface area contributed by atoms with E-state index in [1.165, 1.54) is 4.88 Å². The van der Waals surface area contributed by atoms with Crippen LogP contribution in [0.1, 0.15) is 35.5 Å². The van der Waals surface area contributed by atoms with Crippen LogP contribution in [0.25, 0.3) is 11.3 Å². The summed E-state index contributed by atoms with van der Waals surface area (Å²) in [5.41, 5.74) is 2.75. The van der Waals surface area contributed by atoms with E-state index >= 15 is 0 Å². The molecule has 134 valence electrons. The van der Waals surface area contributed by atoms with Gasteiger partial charge in [0.1, 0.15) is 0 Å². The predicted octanol–water partition coefficient (Wildman–Crippen LogP) is 5.58. The zero-order chi connectivity index (χ0) is 18.5. The number of halogens is 1. The molecule has 3 aromatic rings. The monoisotopic (exact) mass is 384 g/mol. The van der Waals surface area contributed by atoms with Gasteiger partial charge in [-0.25, -0.2) is 0 Å². The van der Waals surface area contributed by atoms with Crippen LogP contribution < -0.4 is 4.80 Å². The molecule has 0 aliphatic carbocycles. The molecule has 0 radical (unpaired) electrons. The Hall–Kier alpha value is -2.17. The molecular formula is C21H21ClN2OS. The van der Waals surface area contributed by atoms with E-state index in [4.69, 9.17) is 11.6 Å². The predicted molar refractivity (Wildman–Crippen MR) is 109 cm³/mol. The Morgan fingerprint density at radius 1 is 1.08 bits per heavy atom. The van der Waals surface area contributed by atoms with Crippen LogP contribution in [0.5, 0.6) is 0 Å². The molecule has 1 amide bonds. The van der Waals surface area contributed by atoms with Gasteiger partial charge >= 0.3 is 0 Å². The molecule has 0 N–H and O–H groups in total. The van der Waals surface area contributed by atoms with Crippen LogP contribution in [0, 0.1) is 0 Å². The number of hydrogen-bond donors (Lipinski definition) is 0. The van der Waals surface area contributed by atoms with Crippen molar-refractivity contribution in [1.82, 2.24) is 4.57 Å². The van der Waals surface area contributed by atoms with Crippen molar-refractivity contribution in [3.63, 3.8) is 0 Å². The van der Waals surface area contributed by atoms with E-state index in [0.717, 1.165) is 35.4 Å². The standard InChI is InChI=1S/C21H21ClN2OS/c1-3-10-18-19(15-11-6-5-7-12-15)24(4-2)21(26-18)23-20(25)16-13-8-9-14-17(16)22/h5-9,11-14H,3-4,10H2,1-2H3. The van der Waals surface area contributed by atoms with Crippen molar-refractivity contribution < 1.29 is 4.79 Å². The minimum absolute atomic E-state index is 0.304. The average Bonchev–Trinajstić information content (AvgIpc) is 3.00. The molecule has 5 heteroatoms. The maximum Gasteiger partial charge on any atom is 0.281 e. The lowest BCUT2D eigenvalue weighted by atomic mass is 10.1. The van der Waals surface area contributed by atoms with Crippen molar-refractivity contribution in [3.05, 3.63) is 74.9 Å². The van der Waals surface area contributed by atoms with E-state index in [2.05, 4.69) is 35.5 Å². The topological polar surface area (TPSA) is 34.4 Å². The molecular weight excluding hydrogens is 364 g/mol. The molecule has 0 fully saturated rings. The highest BCUT2D eigenvalue weighted by Gasteiger charge is 2.16. The second kappa shape index (κ2) is 8.47. The van der Waals surface area contributed by atoms with Crippen molar-refractivity contribution >= 4 is 28.8 Å². The quantitative estimate of drug-likeness (QED) is 0.565. The Morgan fingerprint density at radius 3 is 2.42 bits per heavy atom. The van der Waals surface area contributed by atoms with Gasteiger partial charge in [-0.05, 0) is 31.0 Å². The highest BCUT2D eigenvalue weighted by atomic mass is 35.5. The summed E-state index contributed by atoms with van der Waals surface area (Å²) in [5.74, 6) is -0.304. The molecule has 0 aliphatic rings. The van der Waals surface area contributed by atoms with Gasteiger partial charge < -0.3 is 4.57 Å². The Kier molecular flexibility index (Phi) is 6.07. The van der Waals surface area contributed by atoms with Gasteiger partial charge in [-0.15, -0.1) is 11.3 Å². The SMILES string of the molecule is CCCc1sc(=NC(=O)c2ccccc2Cl)n(CC)c1-c1ccccc1. The number of aryl methyl sites for hydroxylation is 1. The number of hydrogen-bond acceptors (Lipinski definition) is 2. The molecule has 2 aromatic carbocycles. The summed E-state index contributed by atoms with van der Waals surface area (Å²) in [6, 6.07) is 17.3. The first-order valence-electron chi connectivity index (χ1n) is 8.77. The van der Waals surface area contributed by atoms with Crippen LogP contribution in [-0.4, -0.2) is 10.5 Å². The summed E-state index contributed by atoms with van der Waals surface area (Å²) >= 11 is 7.75. The fourth-order valence-corrected chi connectivity index (χ4v) is 4.45. The molecule has 0 unspecified atom stereocenters. The maximum atomic E-state index is 12.7. The van der Waals surface area contributed by atoms with Crippen LogP contribution in [0.15, 0.2) is 59.6 Å². The van der Waals surface area contributed by atoms with E-state index < -0.39 is 0 Å². The van der Waals surface area contributed by atoms with E-state index in [1.54, 1.807) is 29.5 Å². The van der Waals surface area contributed by atoms with Crippen molar-refractivity contribution in [3.8, 4) is 11.3 Å². The number of amides is 1. The molecule has 0 saturated carbocycles. The van der Waals surface area contributed by atoms with Crippen LogP contribution >= 0.6 is 22.9 Å². The fraction of sp³-hybridized carbons (Fsp3) is 0.238. The van der Waals surface area contributed by atoms with E-state index in [1.807, 2.05) is 24.3 Å². The van der Waals surface area contributed by atoms with Crippen LogP contribution in [-0.2, 0) is 13.0 Å². The number of benzene rings is 2. The summed E-state index contributed by atoms with van der Waals surface area (Å²) in [6.07, 6.45) is 2.01. The second-order valence-corrected chi connectivity index (χ2v) is 7.38. The summed E-state index contributed by atoms with van der Waals surface area (Å²) in [4.78, 5) is 19.0. The van der Waals surface area contributed by atoms with Crippen LogP contribution in [0.4, 0.5) is 0 Å². The zero-order valence-electron chi connectivity index (χ0n) is 14.9. The first-order chi connectivity index (χ1) is 12.7. The van der Waals surface area contributed by atoms with Crippen molar-refractivity contribution in [2.75, 3.05) is 0 Å². The number of carbonyl (C=O) groups excluding carboxylic acids is 1. The molecule has 0 bridgehead atoms. The molecule has 3 rings (SSSR count). The van der Waals surface area contributed by atoms with Gasteiger partial charge in [0.15, 0.2) is 4.80 Å². The number of rotatable bonds is 5. The van der Waals surface area contributed by atoms with Crippen molar-refractivity contribution in [1.29, 1.82) is 0 Å². The maximum absolute atomic E-state index is 12.7. The van der Waals surface area contributed by atoms with E-state index in [0.29, 0.717) is 10.6 Å². The lowest BCUT2D eigenvalue weighted by Gasteiger charge is -2.08. The van der Waals surface area contributed by atoms with Gasteiger partial charge in [0.2, 0.25) is 0 Å². The Balaban J connectivity index is 2.16. The number of nitrogens with zero attached hydrogens (tertiary/aromatic N) is 2. The Labute approximate surface area is 162 Å². The second-order valence-electron chi connectivity index (χ2n) is 5.91. The molecule has 1 aromatic heterocycles. The van der Waals surface area contributed by atoms with Crippen molar-refractivity contribution in [2.45, 2.75) is 33.2 Å². The van der Waals surface area contributed by atoms with Gasteiger partial charge in [-0.1, -0.05) is 67.4 Å². The molecule has 0 saturated heterocycles. The molecule has 0 atom stereocenters. The minimum Gasteiger partial charge on any atom is -0.316 e. The molecule has 3 nitrogen and oxygen atoms in total. The van der Waals surface area contributed by atoms with Gasteiger partial charge in [0, 0.05) is 11.4 Å². The van der Waals surface area contributed by atoms with E-state index in [9.17, 15) is 4.79 Å². The van der Waals surface area contributed by atoms with Gasteiger partial charge in [0.25, 0.3) is 5.91 Å². The first kappa shape index (κ1) is 18.6. The molecule has 26 heavy (non-hydrogen) atoms. The fourth-order valence-electron chi connectivity index (χ4n) is 2.93. The summed E-state index contributed by atoms with van der Waals surface area (Å²) in [6.45, 7) is 4.99. The third-order valence-corrected chi connectivity index (χ3v) is 5.59. The summed E-state index contributed by atoms with van der Waals surface area (Å²) in [7, 11) is 0. The zero-order valence-corrected chi connectivity index (χ0v) is 16.5. The Bertz CT molecular complexity index is 973. The highest BCUT2D eigenvalue weighted by Crippen LogP contribution is 2.27. The smallest absolute Gasteiger partial charge is 0.281 e.